The third-order valence-electron chi connectivity index (χ3n) is 3.08. The van der Waals surface area contributed by atoms with Gasteiger partial charge in [-0.1, -0.05) is 6.92 Å². The van der Waals surface area contributed by atoms with E-state index in [0.717, 1.165) is 35.6 Å². The van der Waals surface area contributed by atoms with Crippen LogP contribution in [0.3, 0.4) is 0 Å². The lowest BCUT2D eigenvalue weighted by atomic mass is 10.0. The predicted octanol–water partition coefficient (Wildman–Crippen LogP) is 1.92. The minimum Gasteiger partial charge on any atom is -0.305 e. The maximum absolute atomic E-state index is 4.52. The highest BCUT2D eigenvalue weighted by molar-refractivity contribution is 5.30. The Kier molecular flexibility index (Phi) is 4.27. The first-order chi connectivity index (χ1) is 9.11. The molecular formula is C14H21N5. The molecule has 0 aliphatic carbocycles. The largest absolute Gasteiger partial charge is 0.305 e. The average molecular weight is 259 g/mol. The van der Waals surface area contributed by atoms with Gasteiger partial charge in [0.05, 0.1) is 23.1 Å². The van der Waals surface area contributed by atoms with E-state index >= 15 is 0 Å². The van der Waals surface area contributed by atoms with Crippen molar-refractivity contribution in [1.29, 1.82) is 0 Å². The van der Waals surface area contributed by atoms with Crippen molar-refractivity contribution in [1.82, 2.24) is 25.3 Å². The molecule has 5 nitrogen and oxygen atoms in total. The first kappa shape index (κ1) is 13.7. The zero-order chi connectivity index (χ0) is 13.8. The van der Waals surface area contributed by atoms with Gasteiger partial charge in [-0.2, -0.15) is 15.3 Å². The van der Waals surface area contributed by atoms with Crippen LogP contribution < -0.4 is 5.32 Å². The monoisotopic (exact) mass is 259 g/mol. The Morgan fingerprint density at radius 3 is 2.74 bits per heavy atom. The average Bonchev–Trinajstić information content (AvgIpc) is 2.80. The van der Waals surface area contributed by atoms with Crippen LogP contribution in [0.1, 0.15) is 42.0 Å². The molecule has 2 heterocycles. The van der Waals surface area contributed by atoms with Crippen LogP contribution in [0.5, 0.6) is 0 Å². The number of aromatic nitrogens is 4. The second-order valence-electron chi connectivity index (χ2n) is 4.83. The van der Waals surface area contributed by atoms with Crippen LogP contribution in [0.25, 0.3) is 0 Å². The smallest absolute Gasteiger partial charge is 0.0839 e. The highest BCUT2D eigenvalue weighted by atomic mass is 15.3. The fourth-order valence-electron chi connectivity index (χ4n) is 2.11. The Bertz CT molecular complexity index is 547. The third kappa shape index (κ3) is 3.17. The highest BCUT2D eigenvalue weighted by Crippen LogP contribution is 2.22. The molecule has 0 bridgehead atoms. The van der Waals surface area contributed by atoms with Gasteiger partial charge in [0.15, 0.2) is 0 Å². The van der Waals surface area contributed by atoms with Gasteiger partial charge >= 0.3 is 0 Å². The van der Waals surface area contributed by atoms with Crippen molar-refractivity contribution in [3.8, 4) is 0 Å². The van der Waals surface area contributed by atoms with Gasteiger partial charge in [0, 0.05) is 18.8 Å². The Balaban J connectivity index is 2.39. The molecule has 1 unspecified atom stereocenters. The molecule has 0 aliphatic rings. The second kappa shape index (κ2) is 5.93. The van der Waals surface area contributed by atoms with E-state index in [9.17, 15) is 0 Å². The number of hydrogen-bond acceptors (Lipinski definition) is 4. The molecule has 0 saturated carbocycles. The lowest BCUT2D eigenvalue weighted by Crippen LogP contribution is -2.25. The van der Waals surface area contributed by atoms with E-state index in [1.807, 2.05) is 37.8 Å². The van der Waals surface area contributed by atoms with Crippen molar-refractivity contribution >= 4 is 0 Å². The predicted molar refractivity (Wildman–Crippen MR) is 74.9 cm³/mol. The van der Waals surface area contributed by atoms with Crippen molar-refractivity contribution in [3.05, 3.63) is 41.0 Å². The summed E-state index contributed by atoms with van der Waals surface area (Å²) in [4.78, 5) is 0. The molecule has 0 aromatic carbocycles. The maximum atomic E-state index is 4.52. The van der Waals surface area contributed by atoms with Crippen LogP contribution in [0.2, 0.25) is 0 Å². The molecule has 2 rings (SSSR count). The first-order valence-corrected chi connectivity index (χ1v) is 6.65. The Labute approximate surface area is 114 Å². The van der Waals surface area contributed by atoms with Gasteiger partial charge in [-0.15, -0.1) is 0 Å². The van der Waals surface area contributed by atoms with E-state index in [1.54, 1.807) is 0 Å². The van der Waals surface area contributed by atoms with Gasteiger partial charge in [-0.3, -0.25) is 4.68 Å². The maximum Gasteiger partial charge on any atom is 0.0839 e. The molecule has 1 atom stereocenters. The normalized spacial score (nSPS) is 12.6. The molecule has 2 aromatic rings. The first-order valence-electron chi connectivity index (χ1n) is 6.65. The van der Waals surface area contributed by atoms with Gasteiger partial charge in [0.1, 0.15) is 0 Å². The lowest BCUT2D eigenvalue weighted by Gasteiger charge is -2.18. The molecule has 0 fully saturated rings. The Hall–Kier alpha value is -1.75. The van der Waals surface area contributed by atoms with Gasteiger partial charge in [0.25, 0.3) is 0 Å². The van der Waals surface area contributed by atoms with Crippen LogP contribution in [0.15, 0.2) is 18.3 Å². The number of nitrogens with one attached hydrogen (secondary N) is 1. The lowest BCUT2D eigenvalue weighted by molar-refractivity contribution is 0.569. The Morgan fingerprint density at radius 2 is 2.11 bits per heavy atom. The summed E-state index contributed by atoms with van der Waals surface area (Å²) in [5.74, 6) is 0. The number of rotatable bonds is 5. The van der Waals surface area contributed by atoms with Crippen molar-refractivity contribution in [2.24, 2.45) is 7.05 Å². The summed E-state index contributed by atoms with van der Waals surface area (Å²) in [6.45, 7) is 7.06. The fraction of sp³-hybridized carbons (Fsp3) is 0.500. The molecule has 19 heavy (non-hydrogen) atoms. The third-order valence-corrected chi connectivity index (χ3v) is 3.08. The van der Waals surface area contributed by atoms with Crippen LogP contribution >= 0.6 is 0 Å². The fourth-order valence-corrected chi connectivity index (χ4v) is 2.11. The van der Waals surface area contributed by atoms with Crippen molar-refractivity contribution in [2.75, 3.05) is 6.54 Å². The standard InChI is InChI=1S/C14H21N5/c1-5-7-15-14(13-6-8-19(4)18-13)12-9-10(2)16-17-11(12)3/h6,8-9,14-15H,5,7H2,1-4H3. The topological polar surface area (TPSA) is 55.6 Å². The number of aryl methyl sites for hydroxylation is 3. The molecule has 0 amide bonds. The van der Waals surface area contributed by atoms with E-state index in [-0.39, 0.29) is 6.04 Å². The van der Waals surface area contributed by atoms with Crippen molar-refractivity contribution in [3.63, 3.8) is 0 Å². The second-order valence-corrected chi connectivity index (χ2v) is 4.83. The van der Waals surface area contributed by atoms with E-state index < -0.39 is 0 Å². The van der Waals surface area contributed by atoms with Crippen LogP contribution in [0.4, 0.5) is 0 Å². The summed E-state index contributed by atoms with van der Waals surface area (Å²) in [7, 11) is 1.93. The van der Waals surface area contributed by atoms with Crippen LogP contribution in [0, 0.1) is 13.8 Å². The summed E-state index contributed by atoms with van der Waals surface area (Å²) in [6, 6.07) is 4.21. The quantitative estimate of drug-likeness (QED) is 0.891. The molecule has 102 valence electrons. The summed E-state index contributed by atoms with van der Waals surface area (Å²) in [5.41, 5.74) is 4.05. The summed E-state index contributed by atoms with van der Waals surface area (Å²) in [5, 5.41) is 16.4. The van der Waals surface area contributed by atoms with Gasteiger partial charge in [-0.05, 0) is 38.9 Å². The van der Waals surface area contributed by atoms with Crippen LogP contribution in [-0.4, -0.2) is 26.5 Å². The number of nitrogens with zero attached hydrogens (tertiary/aromatic N) is 4. The molecule has 5 heteroatoms. The SMILES string of the molecule is CCCNC(c1ccn(C)n1)c1cc(C)nnc1C. The van der Waals surface area contributed by atoms with E-state index in [4.69, 9.17) is 0 Å². The van der Waals surface area contributed by atoms with Crippen molar-refractivity contribution in [2.45, 2.75) is 33.2 Å². The summed E-state index contributed by atoms with van der Waals surface area (Å²) < 4.78 is 1.83. The molecule has 0 saturated heterocycles. The van der Waals surface area contributed by atoms with Gasteiger partial charge < -0.3 is 5.32 Å². The number of hydrogen-bond donors (Lipinski definition) is 1. The molecule has 1 N–H and O–H groups in total. The van der Waals surface area contributed by atoms with E-state index in [2.05, 4.69) is 33.6 Å². The summed E-state index contributed by atoms with van der Waals surface area (Å²) in [6.07, 6.45) is 3.05. The van der Waals surface area contributed by atoms with Gasteiger partial charge in [-0.25, -0.2) is 0 Å². The molecule has 0 spiro atoms. The van der Waals surface area contributed by atoms with Crippen molar-refractivity contribution < 1.29 is 0 Å². The Morgan fingerprint density at radius 1 is 1.32 bits per heavy atom. The molecule has 0 radical (unpaired) electrons. The minimum atomic E-state index is 0.0790. The highest BCUT2D eigenvalue weighted by Gasteiger charge is 2.19. The van der Waals surface area contributed by atoms with Crippen LogP contribution in [-0.2, 0) is 7.05 Å². The van der Waals surface area contributed by atoms with E-state index in [1.165, 1.54) is 0 Å². The summed E-state index contributed by atoms with van der Waals surface area (Å²) >= 11 is 0. The molecular weight excluding hydrogens is 238 g/mol. The van der Waals surface area contributed by atoms with Gasteiger partial charge in [0.2, 0.25) is 0 Å². The zero-order valence-electron chi connectivity index (χ0n) is 12.0. The van der Waals surface area contributed by atoms with E-state index in [0.29, 0.717) is 0 Å². The minimum absolute atomic E-state index is 0.0790. The zero-order valence-corrected chi connectivity index (χ0v) is 12.0. The molecule has 0 aliphatic heterocycles. The molecule has 2 aromatic heterocycles.